The molecule has 0 spiro atoms. The summed E-state index contributed by atoms with van der Waals surface area (Å²) in [4.78, 5) is 19.1. The van der Waals surface area contributed by atoms with Crippen LogP contribution in [0.5, 0.6) is 0 Å². The Balaban J connectivity index is 1.86. The minimum Gasteiger partial charge on any atom is -0.375 e. The number of nitrogens with one attached hydrogen (secondary N) is 1. The maximum atomic E-state index is 13.0. The molecule has 1 fully saturated rings. The van der Waals surface area contributed by atoms with E-state index in [1.807, 2.05) is 30.3 Å². The number of rotatable bonds is 1. The van der Waals surface area contributed by atoms with E-state index >= 15 is 0 Å². The second kappa shape index (κ2) is 5.81. The number of ketones is 1. The Morgan fingerprint density at radius 2 is 2.00 bits per heavy atom. The molecule has 2 heterocycles. The molecule has 1 N–H and O–H groups in total. The van der Waals surface area contributed by atoms with Crippen LogP contribution in [0.25, 0.3) is 0 Å². The minimum absolute atomic E-state index is 0.0215. The van der Waals surface area contributed by atoms with Crippen molar-refractivity contribution in [2.24, 2.45) is 16.3 Å². The lowest BCUT2D eigenvalue weighted by Gasteiger charge is -2.37. The van der Waals surface area contributed by atoms with Crippen molar-refractivity contribution in [3.63, 3.8) is 0 Å². The van der Waals surface area contributed by atoms with Gasteiger partial charge in [-0.25, -0.2) is 0 Å². The molecule has 4 rings (SSSR count). The van der Waals surface area contributed by atoms with Crippen molar-refractivity contribution >= 4 is 50.1 Å². The average molecular weight is 403 g/mol. The van der Waals surface area contributed by atoms with E-state index in [1.54, 1.807) is 11.3 Å². The van der Waals surface area contributed by atoms with Crippen LogP contribution in [0.3, 0.4) is 0 Å². The van der Waals surface area contributed by atoms with E-state index in [-0.39, 0.29) is 17.4 Å². The third-order valence-electron chi connectivity index (χ3n) is 4.73. The van der Waals surface area contributed by atoms with E-state index in [0.717, 1.165) is 27.3 Å². The Labute approximate surface area is 154 Å². The van der Waals surface area contributed by atoms with Gasteiger partial charge >= 0.3 is 0 Å². The summed E-state index contributed by atoms with van der Waals surface area (Å²) in [5.41, 5.74) is 2.93. The van der Waals surface area contributed by atoms with E-state index in [0.29, 0.717) is 12.2 Å². The number of hydrogen-bond acceptors (Lipinski definition) is 4. The number of thiophene rings is 1. The van der Waals surface area contributed by atoms with Crippen LogP contribution in [0.2, 0.25) is 0 Å². The van der Waals surface area contributed by atoms with Crippen molar-refractivity contribution < 1.29 is 4.79 Å². The van der Waals surface area contributed by atoms with Gasteiger partial charge in [0.2, 0.25) is 0 Å². The number of aliphatic imine (C=N–C) groups is 1. The summed E-state index contributed by atoms with van der Waals surface area (Å²) in [5.74, 6) is 0.107. The van der Waals surface area contributed by atoms with Gasteiger partial charge in [-0.1, -0.05) is 26.0 Å². The van der Waals surface area contributed by atoms with Gasteiger partial charge in [-0.15, -0.1) is 11.3 Å². The van der Waals surface area contributed by atoms with Crippen LogP contribution in [0.4, 0.5) is 11.4 Å². The Bertz CT molecular complexity index is 839. The number of Topliss-reactive ketones (excluding diaryl/α,β-unsaturated/α-hetero) is 1. The Morgan fingerprint density at radius 3 is 2.75 bits per heavy atom. The molecule has 0 bridgehead atoms. The number of carbonyl (C=O) groups is 1. The van der Waals surface area contributed by atoms with Gasteiger partial charge in [-0.05, 0) is 52.0 Å². The van der Waals surface area contributed by atoms with Crippen molar-refractivity contribution in [2.45, 2.75) is 32.7 Å². The van der Waals surface area contributed by atoms with Crippen LogP contribution in [-0.4, -0.2) is 11.5 Å². The topological polar surface area (TPSA) is 41.5 Å². The van der Waals surface area contributed by atoms with Gasteiger partial charge in [0.05, 0.1) is 27.1 Å². The lowest BCUT2D eigenvalue weighted by Crippen LogP contribution is -2.41. The van der Waals surface area contributed by atoms with Gasteiger partial charge in [0, 0.05) is 17.0 Å². The molecule has 1 aromatic heterocycles. The maximum Gasteiger partial charge on any atom is 0.144 e. The molecule has 1 aliphatic heterocycles. The van der Waals surface area contributed by atoms with Crippen molar-refractivity contribution in [1.82, 2.24) is 0 Å². The molecule has 24 heavy (non-hydrogen) atoms. The van der Waals surface area contributed by atoms with E-state index in [2.05, 4.69) is 41.2 Å². The molecule has 0 amide bonds. The zero-order chi connectivity index (χ0) is 16.9. The number of fused-ring (bicyclic) bond motifs is 2. The van der Waals surface area contributed by atoms with E-state index in [4.69, 9.17) is 4.99 Å². The third kappa shape index (κ3) is 2.84. The highest BCUT2D eigenvalue weighted by Crippen LogP contribution is 2.46. The fourth-order valence-electron chi connectivity index (χ4n) is 3.75. The molecule has 2 aromatic rings. The lowest BCUT2D eigenvalue weighted by atomic mass is 9.69. The first kappa shape index (κ1) is 16.0. The van der Waals surface area contributed by atoms with Gasteiger partial charge in [-0.2, -0.15) is 0 Å². The Hall–Kier alpha value is -1.46. The van der Waals surface area contributed by atoms with E-state index in [9.17, 15) is 4.79 Å². The number of nitrogens with zero attached hydrogens (tertiary/aromatic N) is 1. The predicted octanol–water partition coefficient (Wildman–Crippen LogP) is 5.76. The largest absolute Gasteiger partial charge is 0.375 e. The molecule has 2 aliphatic rings. The van der Waals surface area contributed by atoms with E-state index in [1.165, 1.54) is 4.88 Å². The van der Waals surface area contributed by atoms with Crippen LogP contribution in [0.15, 0.2) is 45.2 Å². The Morgan fingerprint density at radius 1 is 1.21 bits per heavy atom. The van der Waals surface area contributed by atoms with Crippen LogP contribution in [0.1, 0.15) is 37.6 Å². The van der Waals surface area contributed by atoms with Crippen molar-refractivity contribution in [1.29, 1.82) is 0 Å². The minimum atomic E-state index is -0.184. The van der Waals surface area contributed by atoms with Gasteiger partial charge in [0.25, 0.3) is 0 Å². The van der Waals surface area contributed by atoms with Crippen molar-refractivity contribution in [2.75, 3.05) is 5.32 Å². The summed E-state index contributed by atoms with van der Waals surface area (Å²) in [6, 6.07) is 12.2. The molecule has 3 nitrogen and oxygen atoms in total. The maximum absolute atomic E-state index is 13.0. The predicted molar refractivity (Wildman–Crippen MR) is 103 cm³/mol. The molecule has 2 unspecified atom stereocenters. The average Bonchev–Trinajstić information content (AvgIpc) is 2.85. The first-order valence-electron chi connectivity index (χ1n) is 8.14. The number of carbonyl (C=O) groups excluding carboxylic acids is 1. The van der Waals surface area contributed by atoms with Crippen LogP contribution >= 0.6 is 27.3 Å². The third-order valence-corrected chi connectivity index (χ3v) is 6.44. The van der Waals surface area contributed by atoms with Crippen LogP contribution < -0.4 is 5.32 Å². The summed E-state index contributed by atoms with van der Waals surface area (Å²) < 4.78 is 1.08. The Kier molecular flexibility index (Phi) is 3.88. The van der Waals surface area contributed by atoms with Crippen molar-refractivity contribution in [3.05, 3.63) is 45.1 Å². The van der Waals surface area contributed by atoms with Gasteiger partial charge in [0.15, 0.2) is 0 Å². The molecule has 5 heteroatoms. The molecular formula is C19H19BrN2OS. The fraction of sp³-hybridized carbons (Fsp3) is 0.368. The monoisotopic (exact) mass is 402 g/mol. The quantitative estimate of drug-likeness (QED) is 0.658. The number of hydrogen-bond donors (Lipinski definition) is 1. The first-order valence-corrected chi connectivity index (χ1v) is 9.75. The SMILES string of the molecule is CC1(C)CC(=O)C2C(=Nc3ccccc3NC2c2ccc(Br)s2)C1. The second-order valence-electron chi connectivity index (χ2n) is 7.35. The van der Waals surface area contributed by atoms with Gasteiger partial charge < -0.3 is 5.32 Å². The molecule has 1 aliphatic carbocycles. The molecule has 1 saturated carbocycles. The second-order valence-corrected chi connectivity index (χ2v) is 9.84. The molecule has 124 valence electrons. The molecular weight excluding hydrogens is 384 g/mol. The van der Waals surface area contributed by atoms with Crippen molar-refractivity contribution in [3.8, 4) is 0 Å². The summed E-state index contributed by atoms with van der Waals surface area (Å²) in [7, 11) is 0. The van der Waals surface area contributed by atoms with Gasteiger partial charge in [0.1, 0.15) is 5.78 Å². The lowest BCUT2D eigenvalue weighted by molar-refractivity contribution is -0.124. The summed E-state index contributed by atoms with van der Waals surface area (Å²) in [6.07, 6.45) is 1.47. The molecule has 0 radical (unpaired) electrons. The normalized spacial score (nSPS) is 25.1. The smallest absolute Gasteiger partial charge is 0.144 e. The zero-order valence-electron chi connectivity index (χ0n) is 13.7. The standard InChI is InChI=1S/C19H19BrN2OS/c1-19(2)9-13-17(14(23)10-19)18(15-7-8-16(20)24-15)22-12-6-4-3-5-11(12)21-13/h3-8,17-18,22H,9-10H2,1-2H3. The van der Waals surface area contributed by atoms with Crippen LogP contribution in [0, 0.1) is 11.3 Å². The number of anilines is 1. The number of benzene rings is 1. The highest BCUT2D eigenvalue weighted by Gasteiger charge is 2.44. The fourth-order valence-corrected chi connectivity index (χ4v) is 5.26. The number of para-hydroxylation sites is 2. The summed E-state index contributed by atoms with van der Waals surface area (Å²) in [5, 5.41) is 3.60. The molecule has 0 saturated heterocycles. The van der Waals surface area contributed by atoms with Crippen LogP contribution in [-0.2, 0) is 4.79 Å². The summed E-state index contributed by atoms with van der Waals surface area (Å²) in [6.45, 7) is 4.31. The zero-order valence-corrected chi connectivity index (χ0v) is 16.1. The van der Waals surface area contributed by atoms with Gasteiger partial charge in [-0.3, -0.25) is 9.79 Å². The highest BCUT2D eigenvalue weighted by molar-refractivity contribution is 9.11. The molecule has 1 aromatic carbocycles. The number of halogens is 1. The van der Waals surface area contributed by atoms with E-state index < -0.39 is 0 Å². The highest BCUT2D eigenvalue weighted by atomic mass is 79.9. The molecule has 2 atom stereocenters. The summed E-state index contributed by atoms with van der Waals surface area (Å²) >= 11 is 5.23. The first-order chi connectivity index (χ1) is 11.4.